The minimum absolute atomic E-state index is 0.102. The Morgan fingerprint density at radius 2 is 2.16 bits per heavy atom. The number of aryl methyl sites for hydroxylation is 2. The first-order valence-electron chi connectivity index (χ1n) is 6.96. The van der Waals surface area contributed by atoms with E-state index in [-0.39, 0.29) is 6.04 Å². The summed E-state index contributed by atoms with van der Waals surface area (Å²) in [5.41, 5.74) is 9.80. The van der Waals surface area contributed by atoms with E-state index < -0.39 is 0 Å². The summed E-state index contributed by atoms with van der Waals surface area (Å²) in [5.74, 6) is 1.30. The van der Waals surface area contributed by atoms with Crippen LogP contribution in [0.4, 0.5) is 0 Å². The summed E-state index contributed by atoms with van der Waals surface area (Å²) < 4.78 is 5.34. The molecule has 4 heteroatoms. The first kappa shape index (κ1) is 12.4. The van der Waals surface area contributed by atoms with E-state index in [1.165, 1.54) is 24.0 Å². The summed E-state index contributed by atoms with van der Waals surface area (Å²) in [4.78, 5) is 4.44. The van der Waals surface area contributed by atoms with E-state index >= 15 is 0 Å². The quantitative estimate of drug-likeness (QED) is 0.914. The average molecular weight is 257 g/mol. The zero-order valence-electron chi connectivity index (χ0n) is 11.2. The van der Waals surface area contributed by atoms with E-state index in [4.69, 9.17) is 10.3 Å². The molecule has 0 saturated heterocycles. The van der Waals surface area contributed by atoms with Crippen molar-refractivity contribution in [1.29, 1.82) is 0 Å². The summed E-state index contributed by atoms with van der Waals surface area (Å²) in [6.07, 6.45) is 5.19. The molecule has 0 aliphatic heterocycles. The SMILES string of the molecule is CCC(N)Cc1noc(-c2ccc3c(c2)CCC3)n1. The Balaban J connectivity index is 1.82. The molecule has 1 aromatic heterocycles. The molecule has 1 aliphatic rings. The minimum atomic E-state index is 0.102. The van der Waals surface area contributed by atoms with Gasteiger partial charge in [-0.2, -0.15) is 4.98 Å². The molecular weight excluding hydrogens is 238 g/mol. The van der Waals surface area contributed by atoms with Crippen LogP contribution >= 0.6 is 0 Å². The molecule has 0 fully saturated rings. The topological polar surface area (TPSA) is 64.9 Å². The minimum Gasteiger partial charge on any atom is -0.334 e. The highest BCUT2D eigenvalue weighted by Gasteiger charge is 2.15. The third-order valence-electron chi connectivity index (χ3n) is 3.78. The first-order valence-corrected chi connectivity index (χ1v) is 6.96. The molecule has 100 valence electrons. The van der Waals surface area contributed by atoms with Gasteiger partial charge in [0, 0.05) is 18.0 Å². The molecule has 0 bridgehead atoms. The molecule has 0 radical (unpaired) electrons. The lowest BCUT2D eigenvalue weighted by molar-refractivity contribution is 0.419. The number of benzene rings is 1. The molecule has 1 aliphatic carbocycles. The van der Waals surface area contributed by atoms with E-state index in [2.05, 4.69) is 35.3 Å². The van der Waals surface area contributed by atoms with E-state index in [1.807, 2.05) is 0 Å². The number of nitrogens with zero attached hydrogens (tertiary/aromatic N) is 2. The van der Waals surface area contributed by atoms with Crippen LogP contribution in [0.25, 0.3) is 11.5 Å². The lowest BCUT2D eigenvalue weighted by Gasteiger charge is -2.02. The van der Waals surface area contributed by atoms with Gasteiger partial charge in [-0.1, -0.05) is 18.1 Å². The zero-order valence-corrected chi connectivity index (χ0v) is 11.2. The Morgan fingerprint density at radius 3 is 3.00 bits per heavy atom. The second-order valence-electron chi connectivity index (χ2n) is 5.23. The van der Waals surface area contributed by atoms with Gasteiger partial charge in [-0.3, -0.25) is 0 Å². The monoisotopic (exact) mass is 257 g/mol. The lowest BCUT2D eigenvalue weighted by atomic mass is 10.1. The molecule has 19 heavy (non-hydrogen) atoms. The maximum Gasteiger partial charge on any atom is 0.257 e. The van der Waals surface area contributed by atoms with Crippen LogP contribution in [-0.2, 0) is 19.3 Å². The second kappa shape index (κ2) is 5.13. The van der Waals surface area contributed by atoms with Crippen LogP contribution < -0.4 is 5.73 Å². The van der Waals surface area contributed by atoms with E-state index in [1.54, 1.807) is 0 Å². The smallest absolute Gasteiger partial charge is 0.257 e. The molecule has 2 N–H and O–H groups in total. The predicted octanol–water partition coefficient (Wildman–Crippen LogP) is 2.51. The van der Waals surface area contributed by atoms with Crippen LogP contribution in [0.5, 0.6) is 0 Å². The maximum atomic E-state index is 5.91. The van der Waals surface area contributed by atoms with Crippen LogP contribution in [0.15, 0.2) is 22.7 Å². The van der Waals surface area contributed by atoms with Crippen molar-refractivity contribution >= 4 is 0 Å². The van der Waals surface area contributed by atoms with Gasteiger partial charge in [-0.25, -0.2) is 0 Å². The van der Waals surface area contributed by atoms with E-state index in [0.29, 0.717) is 18.1 Å². The first-order chi connectivity index (χ1) is 9.26. The standard InChI is InChI=1S/C15H19N3O/c1-2-13(16)9-14-17-15(19-18-14)12-7-6-10-4-3-5-11(10)8-12/h6-8,13H,2-5,9,16H2,1H3. The van der Waals surface area contributed by atoms with Gasteiger partial charge in [0.2, 0.25) is 0 Å². The molecule has 3 rings (SSSR count). The van der Waals surface area contributed by atoms with Gasteiger partial charge in [0.1, 0.15) is 0 Å². The molecule has 1 unspecified atom stereocenters. The van der Waals surface area contributed by atoms with Gasteiger partial charge in [-0.05, 0) is 48.9 Å². The van der Waals surface area contributed by atoms with Crippen LogP contribution in [0.3, 0.4) is 0 Å². The molecule has 4 nitrogen and oxygen atoms in total. The van der Waals surface area contributed by atoms with Crippen molar-refractivity contribution in [2.45, 2.75) is 45.1 Å². The van der Waals surface area contributed by atoms with Crippen LogP contribution in [-0.4, -0.2) is 16.2 Å². The van der Waals surface area contributed by atoms with Crippen molar-refractivity contribution in [3.8, 4) is 11.5 Å². The van der Waals surface area contributed by atoms with Gasteiger partial charge in [-0.15, -0.1) is 0 Å². The second-order valence-corrected chi connectivity index (χ2v) is 5.23. The van der Waals surface area contributed by atoms with Gasteiger partial charge >= 0.3 is 0 Å². The lowest BCUT2D eigenvalue weighted by Crippen LogP contribution is -2.21. The van der Waals surface area contributed by atoms with Crippen LogP contribution in [0.1, 0.15) is 36.7 Å². The van der Waals surface area contributed by atoms with E-state index in [9.17, 15) is 0 Å². The summed E-state index contributed by atoms with van der Waals surface area (Å²) in [6, 6.07) is 6.53. The molecule has 1 aromatic carbocycles. The summed E-state index contributed by atoms with van der Waals surface area (Å²) in [7, 11) is 0. The fourth-order valence-corrected chi connectivity index (χ4v) is 2.54. The molecule has 0 saturated carbocycles. The van der Waals surface area contributed by atoms with Gasteiger partial charge in [0.15, 0.2) is 5.82 Å². The Morgan fingerprint density at radius 1 is 1.32 bits per heavy atom. The third-order valence-corrected chi connectivity index (χ3v) is 3.78. The number of fused-ring (bicyclic) bond motifs is 1. The summed E-state index contributed by atoms with van der Waals surface area (Å²) >= 11 is 0. The van der Waals surface area contributed by atoms with Gasteiger partial charge < -0.3 is 10.3 Å². The van der Waals surface area contributed by atoms with Crippen molar-refractivity contribution in [2.75, 3.05) is 0 Å². The molecule has 0 amide bonds. The van der Waals surface area contributed by atoms with Gasteiger partial charge in [0.25, 0.3) is 5.89 Å². The summed E-state index contributed by atoms with van der Waals surface area (Å²) in [5, 5.41) is 4.01. The van der Waals surface area contributed by atoms with Crippen LogP contribution in [0, 0.1) is 0 Å². The van der Waals surface area contributed by atoms with Crippen molar-refractivity contribution in [1.82, 2.24) is 10.1 Å². The Hall–Kier alpha value is -1.68. The van der Waals surface area contributed by atoms with E-state index in [0.717, 1.165) is 18.4 Å². The number of aromatic nitrogens is 2. The molecule has 1 atom stereocenters. The van der Waals surface area contributed by atoms with Crippen molar-refractivity contribution < 1.29 is 4.52 Å². The highest BCUT2D eigenvalue weighted by atomic mass is 16.5. The highest BCUT2D eigenvalue weighted by molar-refractivity contribution is 5.56. The third kappa shape index (κ3) is 2.54. The largest absolute Gasteiger partial charge is 0.334 e. The van der Waals surface area contributed by atoms with Crippen molar-refractivity contribution in [2.24, 2.45) is 5.73 Å². The Labute approximate surface area is 113 Å². The van der Waals surface area contributed by atoms with Crippen molar-refractivity contribution in [3.63, 3.8) is 0 Å². The molecule has 1 heterocycles. The fourth-order valence-electron chi connectivity index (χ4n) is 2.54. The predicted molar refractivity (Wildman–Crippen MR) is 73.7 cm³/mol. The van der Waals surface area contributed by atoms with Crippen LogP contribution in [0.2, 0.25) is 0 Å². The molecule has 0 spiro atoms. The maximum absolute atomic E-state index is 5.91. The fraction of sp³-hybridized carbons (Fsp3) is 0.467. The molecule has 2 aromatic rings. The normalized spacial score (nSPS) is 15.5. The Kier molecular flexibility index (Phi) is 3.34. The number of rotatable bonds is 4. The number of hydrogen-bond acceptors (Lipinski definition) is 4. The molecular formula is C15H19N3O. The zero-order chi connectivity index (χ0) is 13.2. The Bertz CT molecular complexity index is 577. The number of hydrogen-bond donors (Lipinski definition) is 1. The summed E-state index contributed by atoms with van der Waals surface area (Å²) in [6.45, 7) is 2.06. The average Bonchev–Trinajstić information content (AvgIpc) is 3.05. The van der Waals surface area contributed by atoms with Gasteiger partial charge in [0.05, 0.1) is 0 Å². The number of nitrogens with two attached hydrogens (primary N) is 1. The van der Waals surface area contributed by atoms with Crippen molar-refractivity contribution in [3.05, 3.63) is 35.2 Å². The highest BCUT2D eigenvalue weighted by Crippen LogP contribution is 2.27.